The van der Waals surface area contributed by atoms with Gasteiger partial charge in [-0.3, -0.25) is 4.98 Å². The number of aromatic nitrogens is 2. The number of halogens is 2. The van der Waals surface area contributed by atoms with E-state index in [1.54, 1.807) is 6.20 Å². The lowest BCUT2D eigenvalue weighted by atomic mass is 10.3. The van der Waals surface area contributed by atoms with E-state index in [1.807, 2.05) is 43.1 Å². The third-order valence-electron chi connectivity index (χ3n) is 2.50. The van der Waals surface area contributed by atoms with Crippen LogP contribution in [0.3, 0.4) is 0 Å². The van der Waals surface area contributed by atoms with E-state index in [2.05, 4.69) is 25.9 Å². The lowest BCUT2D eigenvalue weighted by Gasteiger charge is -2.19. The first kappa shape index (κ1) is 13.3. The first-order valence-corrected chi connectivity index (χ1v) is 6.68. The first-order chi connectivity index (χ1) is 8.56. The van der Waals surface area contributed by atoms with Gasteiger partial charge in [0.25, 0.3) is 0 Å². The summed E-state index contributed by atoms with van der Waals surface area (Å²) < 4.78 is 0.880. The Hall–Kier alpha value is -1.13. The third-order valence-corrected chi connectivity index (χ3v) is 3.29. The highest BCUT2D eigenvalue weighted by atomic mass is 79.9. The zero-order valence-electron chi connectivity index (χ0n) is 10.2. The van der Waals surface area contributed by atoms with Crippen LogP contribution in [0.2, 0.25) is 5.02 Å². The number of nitrogens with zero attached hydrogens (tertiary/aromatic N) is 3. The van der Waals surface area contributed by atoms with Gasteiger partial charge in [0, 0.05) is 18.9 Å². The van der Waals surface area contributed by atoms with Crippen molar-refractivity contribution in [2.24, 2.45) is 0 Å². The topological polar surface area (TPSA) is 29.0 Å². The minimum absolute atomic E-state index is 0.618. The van der Waals surface area contributed by atoms with Gasteiger partial charge >= 0.3 is 0 Å². The summed E-state index contributed by atoms with van der Waals surface area (Å²) >= 11 is 9.35. The fraction of sp³-hybridized carbons (Fsp3) is 0.231. The van der Waals surface area contributed by atoms with Crippen molar-refractivity contribution in [1.82, 2.24) is 9.97 Å². The second-order valence-corrected chi connectivity index (χ2v) is 5.38. The molecule has 94 valence electrons. The molecule has 2 heterocycles. The molecule has 0 spiro atoms. The number of rotatable bonds is 3. The average molecular weight is 327 g/mol. The molecule has 0 aliphatic carbocycles. The normalized spacial score (nSPS) is 10.4. The molecule has 0 aliphatic rings. The molecule has 0 saturated heterocycles. The molecule has 0 fully saturated rings. The molecule has 18 heavy (non-hydrogen) atoms. The summed E-state index contributed by atoms with van der Waals surface area (Å²) in [6, 6.07) is 7.84. The highest BCUT2D eigenvalue weighted by Gasteiger charge is 2.09. The molecule has 0 aromatic carbocycles. The smallest absolute Gasteiger partial charge is 0.143 e. The Balaban J connectivity index is 2.19. The zero-order chi connectivity index (χ0) is 13.1. The van der Waals surface area contributed by atoms with Gasteiger partial charge in [0.1, 0.15) is 5.82 Å². The number of anilines is 1. The van der Waals surface area contributed by atoms with Crippen LogP contribution in [-0.2, 0) is 6.54 Å². The van der Waals surface area contributed by atoms with Crippen LogP contribution in [0.15, 0.2) is 34.9 Å². The molecular formula is C13H13BrClN3. The van der Waals surface area contributed by atoms with E-state index < -0.39 is 0 Å². The Kier molecular flexibility index (Phi) is 4.19. The van der Waals surface area contributed by atoms with Crippen LogP contribution < -0.4 is 4.90 Å². The van der Waals surface area contributed by atoms with Crippen molar-refractivity contribution in [3.05, 3.63) is 51.3 Å². The van der Waals surface area contributed by atoms with E-state index in [9.17, 15) is 0 Å². The fourth-order valence-electron chi connectivity index (χ4n) is 1.69. The second kappa shape index (κ2) is 5.67. The van der Waals surface area contributed by atoms with Crippen molar-refractivity contribution in [3.63, 3.8) is 0 Å². The van der Waals surface area contributed by atoms with Gasteiger partial charge in [-0.05, 0) is 41.1 Å². The molecule has 2 aromatic rings. The van der Waals surface area contributed by atoms with Gasteiger partial charge in [0.15, 0.2) is 0 Å². The second-order valence-electron chi connectivity index (χ2n) is 4.09. The number of aryl methyl sites for hydroxylation is 1. The molecule has 0 N–H and O–H groups in total. The van der Waals surface area contributed by atoms with Gasteiger partial charge in [-0.1, -0.05) is 17.7 Å². The molecule has 0 saturated carbocycles. The molecule has 0 bridgehead atoms. The summed E-state index contributed by atoms with van der Waals surface area (Å²) in [6.07, 6.45) is 1.64. The highest BCUT2D eigenvalue weighted by molar-refractivity contribution is 9.10. The van der Waals surface area contributed by atoms with Crippen molar-refractivity contribution in [3.8, 4) is 0 Å². The zero-order valence-corrected chi connectivity index (χ0v) is 12.5. The van der Waals surface area contributed by atoms with Crippen LogP contribution in [0.4, 0.5) is 5.82 Å². The van der Waals surface area contributed by atoms with Crippen molar-refractivity contribution in [2.75, 3.05) is 11.9 Å². The van der Waals surface area contributed by atoms with Gasteiger partial charge in [0.05, 0.1) is 21.7 Å². The Morgan fingerprint density at radius 2 is 2.17 bits per heavy atom. The van der Waals surface area contributed by atoms with Crippen molar-refractivity contribution in [2.45, 2.75) is 13.5 Å². The van der Waals surface area contributed by atoms with E-state index in [1.165, 1.54) is 0 Å². The SMILES string of the molecule is Cc1cccc(CN(C)c2ncc(Cl)cc2Br)n1. The van der Waals surface area contributed by atoms with Crippen LogP contribution in [-0.4, -0.2) is 17.0 Å². The quantitative estimate of drug-likeness (QED) is 0.858. The van der Waals surface area contributed by atoms with Crippen LogP contribution in [0.25, 0.3) is 0 Å². The van der Waals surface area contributed by atoms with Gasteiger partial charge in [0.2, 0.25) is 0 Å². The Labute approximate surface area is 120 Å². The molecule has 0 amide bonds. The lowest BCUT2D eigenvalue weighted by molar-refractivity contribution is 0.856. The molecular weight excluding hydrogens is 314 g/mol. The van der Waals surface area contributed by atoms with Crippen molar-refractivity contribution >= 4 is 33.3 Å². The Bertz CT molecular complexity index is 560. The summed E-state index contributed by atoms with van der Waals surface area (Å²) in [4.78, 5) is 10.8. The average Bonchev–Trinajstić information content (AvgIpc) is 2.28. The minimum atomic E-state index is 0.618. The van der Waals surface area contributed by atoms with Crippen molar-refractivity contribution < 1.29 is 0 Å². The number of pyridine rings is 2. The molecule has 0 radical (unpaired) electrons. The molecule has 0 aliphatic heterocycles. The monoisotopic (exact) mass is 325 g/mol. The highest BCUT2D eigenvalue weighted by Crippen LogP contribution is 2.26. The van der Waals surface area contributed by atoms with Gasteiger partial charge in [-0.2, -0.15) is 0 Å². The molecule has 2 rings (SSSR count). The van der Waals surface area contributed by atoms with Crippen LogP contribution >= 0.6 is 27.5 Å². The van der Waals surface area contributed by atoms with Crippen molar-refractivity contribution in [1.29, 1.82) is 0 Å². The summed E-state index contributed by atoms with van der Waals surface area (Å²) in [5.41, 5.74) is 2.03. The molecule has 3 nitrogen and oxygen atoms in total. The maximum absolute atomic E-state index is 5.88. The Morgan fingerprint density at radius 1 is 1.39 bits per heavy atom. The van der Waals surface area contributed by atoms with Crippen LogP contribution in [0.5, 0.6) is 0 Å². The van der Waals surface area contributed by atoms with E-state index >= 15 is 0 Å². The summed E-state index contributed by atoms with van der Waals surface area (Å²) in [5, 5.41) is 0.618. The third kappa shape index (κ3) is 3.21. The Morgan fingerprint density at radius 3 is 2.83 bits per heavy atom. The summed E-state index contributed by atoms with van der Waals surface area (Å²) in [6.45, 7) is 2.69. The van der Waals surface area contributed by atoms with E-state index in [4.69, 9.17) is 11.6 Å². The van der Waals surface area contributed by atoms with Crippen LogP contribution in [0, 0.1) is 6.92 Å². The predicted octanol–water partition coefficient (Wildman–Crippen LogP) is 3.84. The first-order valence-electron chi connectivity index (χ1n) is 5.51. The van der Waals surface area contributed by atoms with Gasteiger partial charge in [-0.25, -0.2) is 4.98 Å². The molecule has 5 heteroatoms. The molecule has 0 atom stereocenters. The maximum Gasteiger partial charge on any atom is 0.143 e. The standard InChI is InChI=1S/C13H13BrClN3/c1-9-4-3-5-11(17-9)8-18(2)13-12(14)6-10(15)7-16-13/h3-7H,8H2,1-2H3. The lowest BCUT2D eigenvalue weighted by Crippen LogP contribution is -2.19. The van der Waals surface area contributed by atoms with E-state index in [0.717, 1.165) is 21.7 Å². The van der Waals surface area contributed by atoms with E-state index in [0.29, 0.717) is 11.6 Å². The minimum Gasteiger partial charge on any atom is -0.353 e. The van der Waals surface area contributed by atoms with Crippen LogP contribution in [0.1, 0.15) is 11.4 Å². The van der Waals surface area contributed by atoms with Gasteiger partial charge in [-0.15, -0.1) is 0 Å². The van der Waals surface area contributed by atoms with E-state index in [-0.39, 0.29) is 0 Å². The number of hydrogen-bond acceptors (Lipinski definition) is 3. The largest absolute Gasteiger partial charge is 0.353 e. The summed E-state index contributed by atoms with van der Waals surface area (Å²) in [7, 11) is 1.98. The summed E-state index contributed by atoms with van der Waals surface area (Å²) in [5.74, 6) is 0.850. The fourth-order valence-corrected chi connectivity index (χ4v) is 2.64. The number of hydrogen-bond donors (Lipinski definition) is 0. The maximum atomic E-state index is 5.88. The molecule has 2 aromatic heterocycles. The van der Waals surface area contributed by atoms with Gasteiger partial charge < -0.3 is 4.90 Å². The predicted molar refractivity (Wildman–Crippen MR) is 78.0 cm³/mol. The molecule has 0 unspecified atom stereocenters.